The maximum atomic E-state index is 5.99. The van der Waals surface area contributed by atoms with Crippen molar-refractivity contribution >= 4 is 21.9 Å². The van der Waals surface area contributed by atoms with Gasteiger partial charge in [0.05, 0.1) is 11.9 Å². The van der Waals surface area contributed by atoms with E-state index in [1.165, 1.54) is 5.56 Å². The van der Waals surface area contributed by atoms with Gasteiger partial charge in [0.25, 0.3) is 0 Å². The summed E-state index contributed by atoms with van der Waals surface area (Å²) in [4.78, 5) is 0. The van der Waals surface area contributed by atoms with Crippen LogP contribution in [0.3, 0.4) is 0 Å². The van der Waals surface area contributed by atoms with Crippen LogP contribution >= 0.6 is 0 Å². The van der Waals surface area contributed by atoms with Crippen molar-refractivity contribution in [3.8, 4) is 16.9 Å². The summed E-state index contributed by atoms with van der Waals surface area (Å²) >= 11 is 0. The molecule has 0 aliphatic heterocycles. The molecule has 27 heavy (non-hydrogen) atoms. The topological polar surface area (TPSA) is 43.9 Å². The lowest BCUT2D eigenvalue weighted by molar-refractivity contribution is 0.669. The van der Waals surface area contributed by atoms with Crippen LogP contribution in [-0.4, -0.2) is 15.0 Å². The van der Waals surface area contributed by atoms with Gasteiger partial charge in [-0.25, -0.2) is 4.68 Å². The summed E-state index contributed by atoms with van der Waals surface area (Å²) in [6, 6.07) is 22.7. The second-order valence-electron chi connectivity index (χ2n) is 7.10. The first-order valence-corrected chi connectivity index (χ1v) is 9.13. The number of para-hydroxylation sites is 1. The van der Waals surface area contributed by atoms with Crippen molar-refractivity contribution in [1.29, 1.82) is 0 Å². The molecule has 0 aliphatic carbocycles. The van der Waals surface area contributed by atoms with Crippen molar-refractivity contribution in [2.24, 2.45) is 0 Å². The Morgan fingerprint density at radius 1 is 0.852 bits per heavy atom. The zero-order valence-corrected chi connectivity index (χ0v) is 15.3. The molecule has 2 aromatic heterocycles. The predicted molar refractivity (Wildman–Crippen MR) is 108 cm³/mol. The lowest BCUT2D eigenvalue weighted by Crippen LogP contribution is -1.95. The Morgan fingerprint density at radius 3 is 2.44 bits per heavy atom. The molecule has 0 spiro atoms. The van der Waals surface area contributed by atoms with Crippen molar-refractivity contribution in [2.45, 2.75) is 19.8 Å². The number of nitrogens with zero attached hydrogens (tertiary/aromatic N) is 3. The smallest absolute Gasteiger partial charge is 0.136 e. The van der Waals surface area contributed by atoms with Crippen molar-refractivity contribution < 1.29 is 4.42 Å². The maximum absolute atomic E-state index is 5.99. The van der Waals surface area contributed by atoms with E-state index in [0.717, 1.165) is 38.9 Å². The molecule has 0 unspecified atom stereocenters. The third-order valence-corrected chi connectivity index (χ3v) is 4.99. The molecule has 5 aromatic rings. The fraction of sp³-hybridized carbons (Fsp3) is 0.130. The molecule has 0 atom stereocenters. The van der Waals surface area contributed by atoms with Gasteiger partial charge in [0.15, 0.2) is 0 Å². The second-order valence-corrected chi connectivity index (χ2v) is 7.10. The molecule has 132 valence electrons. The zero-order valence-electron chi connectivity index (χ0n) is 15.3. The van der Waals surface area contributed by atoms with E-state index in [-0.39, 0.29) is 0 Å². The molecule has 4 nitrogen and oxygen atoms in total. The van der Waals surface area contributed by atoms with Crippen LogP contribution in [0.1, 0.15) is 25.3 Å². The normalized spacial score (nSPS) is 11.7. The molecule has 0 aliphatic rings. The van der Waals surface area contributed by atoms with Crippen LogP contribution in [0.25, 0.3) is 38.9 Å². The maximum Gasteiger partial charge on any atom is 0.136 e. The molecule has 4 heteroatoms. The summed E-state index contributed by atoms with van der Waals surface area (Å²) < 4.78 is 7.79. The summed E-state index contributed by atoms with van der Waals surface area (Å²) in [7, 11) is 0. The number of fused-ring (bicyclic) bond motifs is 3. The molecule has 0 saturated heterocycles. The molecule has 5 rings (SSSR count). The average Bonchev–Trinajstić information content (AvgIpc) is 3.32. The minimum atomic E-state index is 0.515. The van der Waals surface area contributed by atoms with Gasteiger partial charge in [-0.05, 0) is 41.8 Å². The first kappa shape index (κ1) is 15.8. The van der Waals surface area contributed by atoms with Crippen LogP contribution in [0.4, 0.5) is 0 Å². The summed E-state index contributed by atoms with van der Waals surface area (Å²) in [6.45, 7) is 4.38. The van der Waals surface area contributed by atoms with Gasteiger partial charge in [0.2, 0.25) is 0 Å². The fourth-order valence-electron chi connectivity index (χ4n) is 3.42. The Morgan fingerprint density at radius 2 is 1.63 bits per heavy atom. The van der Waals surface area contributed by atoms with Crippen LogP contribution in [0.15, 0.2) is 77.3 Å². The molecule has 0 bridgehead atoms. The summed E-state index contributed by atoms with van der Waals surface area (Å²) in [5.41, 5.74) is 5.90. The van der Waals surface area contributed by atoms with Gasteiger partial charge in [-0.1, -0.05) is 55.5 Å². The van der Waals surface area contributed by atoms with Crippen molar-refractivity contribution in [1.82, 2.24) is 15.0 Å². The van der Waals surface area contributed by atoms with Gasteiger partial charge >= 0.3 is 0 Å². The van der Waals surface area contributed by atoms with E-state index in [9.17, 15) is 0 Å². The van der Waals surface area contributed by atoms with E-state index in [0.29, 0.717) is 5.92 Å². The Bertz CT molecular complexity index is 1250. The molecule has 0 N–H and O–H groups in total. The largest absolute Gasteiger partial charge is 0.456 e. The van der Waals surface area contributed by atoms with E-state index in [1.54, 1.807) is 0 Å². The van der Waals surface area contributed by atoms with Gasteiger partial charge in [-0.3, -0.25) is 0 Å². The molecule has 3 aromatic carbocycles. The highest BCUT2D eigenvalue weighted by molar-refractivity contribution is 6.05. The monoisotopic (exact) mass is 353 g/mol. The lowest BCUT2D eigenvalue weighted by atomic mass is 10.0. The standard InChI is InChI=1S/C23H19N3O/c1-15(2)16-7-10-18(11-8-16)26-14-21(24-25-26)17-9-12-20-19-5-3-4-6-22(19)27-23(20)13-17/h3-15H,1-2H3. The number of benzene rings is 3. The Kier molecular flexibility index (Phi) is 3.57. The molecule has 0 radical (unpaired) electrons. The van der Waals surface area contributed by atoms with E-state index >= 15 is 0 Å². The second kappa shape index (κ2) is 6.09. The third kappa shape index (κ3) is 2.70. The molecule has 0 fully saturated rings. The summed E-state index contributed by atoms with van der Waals surface area (Å²) in [6.07, 6.45) is 1.95. The van der Waals surface area contributed by atoms with E-state index in [2.05, 4.69) is 66.6 Å². The Balaban J connectivity index is 1.52. The van der Waals surface area contributed by atoms with Gasteiger partial charge in [0, 0.05) is 16.3 Å². The number of furan rings is 1. The Hall–Kier alpha value is -3.40. The fourth-order valence-corrected chi connectivity index (χ4v) is 3.42. The number of aromatic nitrogens is 3. The quantitative estimate of drug-likeness (QED) is 0.402. The molecular formula is C23H19N3O. The number of hydrogen-bond acceptors (Lipinski definition) is 3. The molecule has 2 heterocycles. The average molecular weight is 353 g/mol. The highest BCUT2D eigenvalue weighted by Gasteiger charge is 2.10. The van der Waals surface area contributed by atoms with Crippen molar-refractivity contribution in [2.75, 3.05) is 0 Å². The first-order valence-electron chi connectivity index (χ1n) is 9.13. The molecular weight excluding hydrogens is 334 g/mol. The highest BCUT2D eigenvalue weighted by Crippen LogP contribution is 2.31. The SMILES string of the molecule is CC(C)c1ccc(-n2cc(-c3ccc4c(c3)oc3ccccc34)nn2)cc1. The summed E-state index contributed by atoms with van der Waals surface area (Å²) in [5.74, 6) is 0.515. The van der Waals surface area contributed by atoms with Gasteiger partial charge in [-0.2, -0.15) is 0 Å². The highest BCUT2D eigenvalue weighted by atomic mass is 16.3. The first-order chi connectivity index (χ1) is 13.2. The van der Waals surface area contributed by atoms with Gasteiger partial charge < -0.3 is 4.42 Å². The van der Waals surface area contributed by atoms with Crippen LogP contribution < -0.4 is 0 Å². The van der Waals surface area contributed by atoms with E-state index in [1.807, 2.05) is 35.1 Å². The van der Waals surface area contributed by atoms with E-state index in [4.69, 9.17) is 4.42 Å². The van der Waals surface area contributed by atoms with Crippen LogP contribution in [0.2, 0.25) is 0 Å². The van der Waals surface area contributed by atoms with Gasteiger partial charge in [-0.15, -0.1) is 5.10 Å². The Labute approximate surface area is 157 Å². The van der Waals surface area contributed by atoms with Crippen molar-refractivity contribution in [3.63, 3.8) is 0 Å². The third-order valence-electron chi connectivity index (χ3n) is 4.99. The van der Waals surface area contributed by atoms with Crippen LogP contribution in [-0.2, 0) is 0 Å². The van der Waals surface area contributed by atoms with E-state index < -0.39 is 0 Å². The molecule has 0 amide bonds. The zero-order chi connectivity index (χ0) is 18.4. The van der Waals surface area contributed by atoms with Crippen LogP contribution in [0, 0.1) is 0 Å². The number of rotatable bonds is 3. The lowest BCUT2D eigenvalue weighted by Gasteiger charge is -2.06. The molecule has 0 saturated carbocycles. The van der Waals surface area contributed by atoms with Crippen LogP contribution in [0.5, 0.6) is 0 Å². The van der Waals surface area contributed by atoms with Gasteiger partial charge in [0.1, 0.15) is 16.9 Å². The predicted octanol–water partition coefficient (Wildman–Crippen LogP) is 5.96. The summed E-state index contributed by atoms with van der Waals surface area (Å²) in [5, 5.41) is 10.9. The minimum absolute atomic E-state index is 0.515. The minimum Gasteiger partial charge on any atom is -0.456 e. The van der Waals surface area contributed by atoms with Crippen molar-refractivity contribution in [3.05, 3.63) is 78.5 Å². The number of hydrogen-bond donors (Lipinski definition) is 0.